The molecule has 0 spiro atoms. The third kappa shape index (κ3) is 5.18. The van der Waals surface area contributed by atoms with Crippen LogP contribution in [0, 0.1) is 0 Å². The Morgan fingerprint density at radius 1 is 1.44 bits per heavy atom. The molecule has 0 saturated carbocycles. The van der Waals surface area contributed by atoms with Crippen LogP contribution in [0.5, 0.6) is 0 Å². The molecule has 6 heteroatoms. The molecule has 1 aliphatic rings. The Bertz CT molecular complexity index is 345. The van der Waals surface area contributed by atoms with Crippen LogP contribution in [0.4, 0.5) is 4.79 Å². The minimum Gasteiger partial charge on any atom is -0.478 e. The van der Waals surface area contributed by atoms with E-state index in [9.17, 15) is 9.59 Å². The highest BCUT2D eigenvalue weighted by molar-refractivity contribution is 5.79. The van der Waals surface area contributed by atoms with E-state index in [0.29, 0.717) is 19.7 Å². The van der Waals surface area contributed by atoms with E-state index in [4.69, 9.17) is 14.6 Å². The van der Waals surface area contributed by atoms with Crippen molar-refractivity contribution in [3.63, 3.8) is 0 Å². The lowest BCUT2D eigenvalue weighted by molar-refractivity contribution is -0.131. The first-order valence-corrected chi connectivity index (χ1v) is 5.78. The Morgan fingerprint density at radius 2 is 2.11 bits per heavy atom. The van der Waals surface area contributed by atoms with Gasteiger partial charge in [0, 0.05) is 12.6 Å². The van der Waals surface area contributed by atoms with Crippen LogP contribution in [0.25, 0.3) is 0 Å². The predicted molar refractivity (Wildman–Crippen MR) is 64.3 cm³/mol. The number of carbonyl (C=O) groups excluding carboxylic acids is 1. The first-order valence-electron chi connectivity index (χ1n) is 5.78. The standard InChI is InChI=1S/C12H19NO5/c1-12(2,3)18-11(16)13-6-7-17-9(8-13)4-5-10(14)15/h4-5,9H,6-8H2,1-3H3,(H,14,15)/b5-4+/t9-/m1/s1. The van der Waals surface area contributed by atoms with Gasteiger partial charge in [-0.15, -0.1) is 0 Å². The summed E-state index contributed by atoms with van der Waals surface area (Å²) in [6.07, 6.45) is 1.64. The molecule has 0 bridgehead atoms. The molecule has 1 fully saturated rings. The summed E-state index contributed by atoms with van der Waals surface area (Å²) in [5, 5.41) is 8.52. The molecule has 1 rings (SSSR count). The van der Waals surface area contributed by atoms with Crippen molar-refractivity contribution in [2.24, 2.45) is 0 Å². The van der Waals surface area contributed by atoms with Gasteiger partial charge in [0.05, 0.1) is 19.3 Å². The van der Waals surface area contributed by atoms with Crippen LogP contribution < -0.4 is 0 Å². The number of amides is 1. The second kappa shape index (κ2) is 5.86. The van der Waals surface area contributed by atoms with Crippen LogP contribution in [-0.4, -0.2) is 53.5 Å². The summed E-state index contributed by atoms with van der Waals surface area (Å²) in [6, 6.07) is 0. The summed E-state index contributed by atoms with van der Waals surface area (Å²) in [5.41, 5.74) is -0.540. The maximum absolute atomic E-state index is 11.8. The average molecular weight is 257 g/mol. The van der Waals surface area contributed by atoms with Gasteiger partial charge in [-0.1, -0.05) is 0 Å². The monoisotopic (exact) mass is 257 g/mol. The predicted octanol–water partition coefficient (Wildman–Crippen LogP) is 1.26. The fourth-order valence-electron chi connectivity index (χ4n) is 1.47. The van der Waals surface area contributed by atoms with Gasteiger partial charge in [0.25, 0.3) is 0 Å². The lowest BCUT2D eigenvalue weighted by Crippen LogP contribution is -2.46. The molecule has 0 aliphatic carbocycles. The zero-order valence-electron chi connectivity index (χ0n) is 10.9. The molecule has 0 unspecified atom stereocenters. The highest BCUT2D eigenvalue weighted by Gasteiger charge is 2.27. The minimum absolute atomic E-state index is 0.304. The maximum atomic E-state index is 11.8. The van der Waals surface area contributed by atoms with E-state index in [1.165, 1.54) is 11.0 Å². The molecule has 0 aromatic carbocycles. The maximum Gasteiger partial charge on any atom is 0.410 e. The van der Waals surface area contributed by atoms with Crippen molar-refractivity contribution in [1.29, 1.82) is 0 Å². The van der Waals surface area contributed by atoms with Gasteiger partial charge in [-0.25, -0.2) is 9.59 Å². The van der Waals surface area contributed by atoms with Gasteiger partial charge in [0.2, 0.25) is 0 Å². The van der Waals surface area contributed by atoms with E-state index in [2.05, 4.69) is 0 Å². The van der Waals surface area contributed by atoms with Crippen LogP contribution >= 0.6 is 0 Å². The van der Waals surface area contributed by atoms with E-state index in [1.54, 1.807) is 20.8 Å². The molecule has 1 N–H and O–H groups in total. The second-order valence-electron chi connectivity index (χ2n) is 5.03. The Labute approximate surface area is 106 Å². The molecule has 1 amide bonds. The van der Waals surface area contributed by atoms with Gasteiger partial charge in [-0.2, -0.15) is 0 Å². The number of hydrogen-bond acceptors (Lipinski definition) is 4. The smallest absolute Gasteiger partial charge is 0.410 e. The fourth-order valence-corrected chi connectivity index (χ4v) is 1.47. The summed E-state index contributed by atoms with van der Waals surface area (Å²) in [6.45, 7) is 6.52. The number of carboxylic acids is 1. The van der Waals surface area contributed by atoms with Crippen molar-refractivity contribution in [3.8, 4) is 0 Å². The SMILES string of the molecule is CC(C)(C)OC(=O)N1CCO[C@H](/C=C/C(=O)O)C1. The molecule has 18 heavy (non-hydrogen) atoms. The van der Waals surface area contributed by atoms with Crippen LogP contribution in [-0.2, 0) is 14.3 Å². The number of carbonyl (C=O) groups is 2. The van der Waals surface area contributed by atoms with Gasteiger partial charge in [0.15, 0.2) is 0 Å². The Kier molecular flexibility index (Phi) is 4.72. The summed E-state index contributed by atoms with van der Waals surface area (Å²) in [4.78, 5) is 23.7. The molecular weight excluding hydrogens is 238 g/mol. The third-order valence-electron chi connectivity index (χ3n) is 2.20. The zero-order chi connectivity index (χ0) is 13.8. The van der Waals surface area contributed by atoms with Gasteiger partial charge < -0.3 is 19.5 Å². The molecular formula is C12H19NO5. The van der Waals surface area contributed by atoms with E-state index in [-0.39, 0.29) is 0 Å². The van der Waals surface area contributed by atoms with Gasteiger partial charge in [-0.3, -0.25) is 0 Å². The first-order chi connectivity index (χ1) is 8.28. The molecule has 102 valence electrons. The highest BCUT2D eigenvalue weighted by atomic mass is 16.6. The van der Waals surface area contributed by atoms with Crippen LogP contribution in [0.3, 0.4) is 0 Å². The number of morpholine rings is 1. The summed E-state index contributed by atoms with van der Waals surface area (Å²) < 4.78 is 10.6. The molecule has 0 aromatic heterocycles. The second-order valence-corrected chi connectivity index (χ2v) is 5.03. The largest absolute Gasteiger partial charge is 0.478 e. The van der Waals surface area contributed by atoms with Gasteiger partial charge in [-0.05, 0) is 26.8 Å². The van der Waals surface area contributed by atoms with Crippen molar-refractivity contribution < 1.29 is 24.2 Å². The quantitative estimate of drug-likeness (QED) is 0.754. The topological polar surface area (TPSA) is 76.1 Å². The van der Waals surface area contributed by atoms with Gasteiger partial charge >= 0.3 is 12.1 Å². The average Bonchev–Trinajstić information content (AvgIpc) is 2.24. The molecule has 1 saturated heterocycles. The number of aliphatic carboxylic acids is 1. The van der Waals surface area contributed by atoms with Crippen LogP contribution in [0.2, 0.25) is 0 Å². The zero-order valence-corrected chi connectivity index (χ0v) is 10.9. The Morgan fingerprint density at radius 3 is 2.67 bits per heavy atom. The van der Waals surface area contributed by atoms with E-state index in [1.807, 2.05) is 0 Å². The third-order valence-corrected chi connectivity index (χ3v) is 2.20. The number of ether oxygens (including phenoxy) is 2. The van der Waals surface area contributed by atoms with Crippen molar-refractivity contribution >= 4 is 12.1 Å². The summed E-state index contributed by atoms with van der Waals surface area (Å²) in [7, 11) is 0. The molecule has 0 aromatic rings. The number of rotatable bonds is 2. The van der Waals surface area contributed by atoms with E-state index < -0.39 is 23.8 Å². The van der Waals surface area contributed by atoms with Crippen LogP contribution in [0.1, 0.15) is 20.8 Å². The van der Waals surface area contributed by atoms with Gasteiger partial charge in [0.1, 0.15) is 5.60 Å². The van der Waals surface area contributed by atoms with E-state index >= 15 is 0 Å². The molecule has 0 radical (unpaired) electrons. The van der Waals surface area contributed by atoms with Crippen molar-refractivity contribution in [2.45, 2.75) is 32.5 Å². The number of hydrogen-bond donors (Lipinski definition) is 1. The van der Waals surface area contributed by atoms with Crippen molar-refractivity contribution in [2.75, 3.05) is 19.7 Å². The summed E-state index contributed by atoms with van der Waals surface area (Å²) >= 11 is 0. The number of carboxylic acid groups (broad SMARTS) is 1. The Hall–Kier alpha value is -1.56. The molecule has 1 aliphatic heterocycles. The lowest BCUT2D eigenvalue weighted by atomic mass is 10.2. The Balaban J connectivity index is 2.53. The normalized spacial score (nSPS) is 21.1. The van der Waals surface area contributed by atoms with E-state index in [0.717, 1.165) is 6.08 Å². The first kappa shape index (κ1) is 14.5. The van der Waals surface area contributed by atoms with Crippen LogP contribution in [0.15, 0.2) is 12.2 Å². The lowest BCUT2D eigenvalue weighted by Gasteiger charge is -2.33. The molecule has 1 heterocycles. The number of nitrogens with zero attached hydrogens (tertiary/aromatic N) is 1. The minimum atomic E-state index is -1.03. The fraction of sp³-hybridized carbons (Fsp3) is 0.667. The highest BCUT2D eigenvalue weighted by Crippen LogP contribution is 2.13. The summed E-state index contributed by atoms with van der Waals surface area (Å²) in [5.74, 6) is -1.03. The molecule has 6 nitrogen and oxygen atoms in total. The van der Waals surface area contributed by atoms with Crippen molar-refractivity contribution in [1.82, 2.24) is 4.90 Å². The van der Waals surface area contributed by atoms with Crippen molar-refractivity contribution in [3.05, 3.63) is 12.2 Å². The molecule has 1 atom stereocenters.